The lowest BCUT2D eigenvalue weighted by Gasteiger charge is -1.83. The van der Waals surface area contributed by atoms with Gasteiger partial charge in [0.1, 0.15) is 5.84 Å². The molecule has 1 rings (SSSR count). The van der Waals surface area contributed by atoms with Crippen LogP contribution in [0.15, 0.2) is 29.3 Å². The van der Waals surface area contributed by atoms with Gasteiger partial charge in [0.05, 0.1) is 6.54 Å². The maximum Gasteiger partial charge on any atom is 0.118 e. The van der Waals surface area contributed by atoms with Crippen LogP contribution in [0, 0.1) is 0 Å². The smallest absolute Gasteiger partial charge is 0.118 e. The number of nitrogens with two attached hydrogens (primary N) is 1. The predicted octanol–water partition coefficient (Wildman–Crippen LogP) is 0.470. The Kier molecular flexibility index (Phi) is 1.47. The Morgan fingerprint density at radius 2 is 2.38 bits per heavy atom. The molecule has 2 nitrogen and oxygen atoms in total. The summed E-state index contributed by atoms with van der Waals surface area (Å²) in [6.07, 6.45) is 7.55. The normalized spacial score (nSPS) is 17.8. The van der Waals surface area contributed by atoms with Crippen molar-refractivity contribution in [2.75, 3.05) is 6.54 Å². The molecule has 1 aliphatic heterocycles. The van der Waals surface area contributed by atoms with Crippen LogP contribution in [0.4, 0.5) is 0 Å². The van der Waals surface area contributed by atoms with Crippen molar-refractivity contribution >= 4 is 5.84 Å². The van der Waals surface area contributed by atoms with Crippen LogP contribution in [0.2, 0.25) is 0 Å². The summed E-state index contributed by atoms with van der Waals surface area (Å²) in [4.78, 5) is 3.94. The second kappa shape index (κ2) is 2.31. The molecule has 2 N–H and O–H groups in total. The average molecular weight is 108 g/mol. The molecule has 0 aromatic heterocycles. The molecule has 0 aromatic carbocycles. The van der Waals surface area contributed by atoms with Crippen molar-refractivity contribution in [2.24, 2.45) is 10.7 Å². The summed E-state index contributed by atoms with van der Waals surface area (Å²) in [5, 5.41) is 0. The minimum Gasteiger partial charge on any atom is -0.384 e. The first-order chi connectivity index (χ1) is 3.89. The van der Waals surface area contributed by atoms with Gasteiger partial charge in [-0.1, -0.05) is 18.2 Å². The number of rotatable bonds is 0. The number of amidine groups is 1. The predicted molar refractivity (Wildman–Crippen MR) is 34.8 cm³/mol. The molecule has 0 bridgehead atoms. The van der Waals surface area contributed by atoms with E-state index in [4.69, 9.17) is 5.73 Å². The Balaban J connectivity index is 2.69. The van der Waals surface area contributed by atoms with E-state index in [0.29, 0.717) is 12.4 Å². The number of hydrogen-bond donors (Lipinski definition) is 1. The van der Waals surface area contributed by atoms with Gasteiger partial charge in [-0.05, 0) is 6.08 Å². The van der Waals surface area contributed by atoms with Crippen LogP contribution in [-0.4, -0.2) is 12.4 Å². The molecule has 1 heterocycles. The molecule has 0 saturated carbocycles. The van der Waals surface area contributed by atoms with Gasteiger partial charge in [0, 0.05) is 0 Å². The Bertz CT molecular complexity index is 151. The molecular formula is C6H8N2. The minimum absolute atomic E-state index is 0.606. The highest BCUT2D eigenvalue weighted by molar-refractivity contribution is 5.91. The maximum absolute atomic E-state index is 5.36. The van der Waals surface area contributed by atoms with E-state index in [1.54, 1.807) is 6.08 Å². The van der Waals surface area contributed by atoms with Crippen LogP contribution in [0.5, 0.6) is 0 Å². The largest absolute Gasteiger partial charge is 0.384 e. The van der Waals surface area contributed by atoms with Gasteiger partial charge in [-0.2, -0.15) is 0 Å². The van der Waals surface area contributed by atoms with Crippen LogP contribution in [0.1, 0.15) is 0 Å². The molecule has 0 aromatic rings. The molecule has 2 heteroatoms. The fourth-order valence-electron chi connectivity index (χ4n) is 0.504. The molecule has 0 radical (unpaired) electrons. The molecule has 0 fully saturated rings. The van der Waals surface area contributed by atoms with Gasteiger partial charge in [0.15, 0.2) is 0 Å². The first-order valence-corrected chi connectivity index (χ1v) is 2.53. The van der Waals surface area contributed by atoms with E-state index in [1.165, 1.54) is 0 Å². The lowest BCUT2D eigenvalue weighted by atomic mass is 10.4. The zero-order valence-electron chi connectivity index (χ0n) is 4.54. The van der Waals surface area contributed by atoms with E-state index in [2.05, 4.69) is 4.99 Å². The zero-order valence-corrected chi connectivity index (χ0v) is 4.54. The second-order valence-electron chi connectivity index (χ2n) is 1.55. The van der Waals surface area contributed by atoms with E-state index < -0.39 is 0 Å². The molecular weight excluding hydrogens is 100 g/mol. The summed E-state index contributed by atoms with van der Waals surface area (Å²) in [5.41, 5.74) is 5.36. The zero-order chi connectivity index (χ0) is 5.82. The number of hydrogen-bond acceptors (Lipinski definition) is 2. The van der Waals surface area contributed by atoms with Gasteiger partial charge in [-0.15, -0.1) is 0 Å². The van der Waals surface area contributed by atoms with E-state index in [-0.39, 0.29) is 0 Å². The summed E-state index contributed by atoms with van der Waals surface area (Å²) < 4.78 is 0. The molecule has 42 valence electrons. The molecule has 0 spiro atoms. The average Bonchev–Trinajstić information content (AvgIpc) is 1.94. The van der Waals surface area contributed by atoms with Crippen molar-refractivity contribution in [3.8, 4) is 0 Å². The first kappa shape index (κ1) is 5.09. The molecule has 0 unspecified atom stereocenters. The van der Waals surface area contributed by atoms with E-state index in [9.17, 15) is 0 Å². The summed E-state index contributed by atoms with van der Waals surface area (Å²) >= 11 is 0. The second-order valence-corrected chi connectivity index (χ2v) is 1.55. The van der Waals surface area contributed by atoms with Gasteiger partial charge in [0.25, 0.3) is 0 Å². The van der Waals surface area contributed by atoms with Crippen LogP contribution < -0.4 is 5.73 Å². The highest BCUT2D eigenvalue weighted by Crippen LogP contribution is 1.85. The number of aliphatic imine (C=N–C) groups is 1. The Labute approximate surface area is 48.4 Å². The molecule has 0 atom stereocenters. The summed E-state index contributed by atoms with van der Waals surface area (Å²) in [6.45, 7) is 0.707. The van der Waals surface area contributed by atoms with Crippen molar-refractivity contribution in [3.05, 3.63) is 24.3 Å². The molecule has 1 aliphatic rings. The monoisotopic (exact) mass is 108 g/mol. The quantitative estimate of drug-likeness (QED) is 0.481. The van der Waals surface area contributed by atoms with E-state index in [0.717, 1.165) is 0 Å². The van der Waals surface area contributed by atoms with E-state index >= 15 is 0 Å². The third-order valence-electron chi connectivity index (χ3n) is 0.893. The lowest BCUT2D eigenvalue weighted by Crippen LogP contribution is -2.06. The van der Waals surface area contributed by atoms with Crippen molar-refractivity contribution < 1.29 is 0 Å². The van der Waals surface area contributed by atoms with E-state index in [1.807, 2.05) is 18.2 Å². The third kappa shape index (κ3) is 1.22. The first-order valence-electron chi connectivity index (χ1n) is 2.53. The molecule has 8 heavy (non-hydrogen) atoms. The van der Waals surface area contributed by atoms with Crippen molar-refractivity contribution in [2.45, 2.75) is 0 Å². The van der Waals surface area contributed by atoms with Crippen molar-refractivity contribution in [1.82, 2.24) is 0 Å². The Morgan fingerprint density at radius 1 is 1.50 bits per heavy atom. The van der Waals surface area contributed by atoms with Crippen LogP contribution in [0.25, 0.3) is 0 Å². The van der Waals surface area contributed by atoms with Crippen molar-refractivity contribution in [1.29, 1.82) is 0 Å². The highest BCUT2D eigenvalue weighted by atomic mass is 14.8. The number of allylic oxidation sites excluding steroid dienone is 2. The number of nitrogens with zero attached hydrogens (tertiary/aromatic N) is 1. The molecule has 0 amide bonds. The lowest BCUT2D eigenvalue weighted by molar-refractivity contribution is 1.24. The van der Waals surface area contributed by atoms with Crippen LogP contribution in [0.3, 0.4) is 0 Å². The van der Waals surface area contributed by atoms with Gasteiger partial charge in [-0.3, -0.25) is 4.99 Å². The standard InChI is InChI=1S/C6H8N2/c7-6-4-2-1-3-5-8-6/h1-4H,5H2,(H2,7,8). The summed E-state index contributed by atoms with van der Waals surface area (Å²) in [7, 11) is 0. The maximum atomic E-state index is 5.36. The molecule has 0 saturated heterocycles. The minimum atomic E-state index is 0.606. The van der Waals surface area contributed by atoms with Gasteiger partial charge < -0.3 is 5.73 Å². The van der Waals surface area contributed by atoms with Crippen molar-refractivity contribution in [3.63, 3.8) is 0 Å². The fourth-order valence-corrected chi connectivity index (χ4v) is 0.504. The summed E-state index contributed by atoms with van der Waals surface area (Å²) in [5.74, 6) is 0.606. The van der Waals surface area contributed by atoms with Crippen LogP contribution >= 0.6 is 0 Å². The fraction of sp³-hybridized carbons (Fsp3) is 0.167. The van der Waals surface area contributed by atoms with Crippen LogP contribution in [-0.2, 0) is 0 Å². The Morgan fingerprint density at radius 3 is 3.25 bits per heavy atom. The topological polar surface area (TPSA) is 38.4 Å². The Hall–Kier alpha value is -1.05. The molecule has 0 aliphatic carbocycles. The summed E-state index contributed by atoms with van der Waals surface area (Å²) in [6, 6.07) is 0. The highest BCUT2D eigenvalue weighted by Gasteiger charge is 1.82. The van der Waals surface area contributed by atoms with Gasteiger partial charge >= 0.3 is 0 Å². The van der Waals surface area contributed by atoms with Gasteiger partial charge in [-0.25, -0.2) is 0 Å². The SMILES string of the molecule is NC1=NCC=CC=C1. The third-order valence-corrected chi connectivity index (χ3v) is 0.893. The van der Waals surface area contributed by atoms with Gasteiger partial charge in [0.2, 0.25) is 0 Å².